The van der Waals surface area contributed by atoms with Gasteiger partial charge in [0.2, 0.25) is 0 Å². The van der Waals surface area contributed by atoms with Crippen LogP contribution in [0.5, 0.6) is 5.75 Å². The van der Waals surface area contributed by atoms with Crippen LogP contribution in [0.15, 0.2) is 59.1 Å². The summed E-state index contributed by atoms with van der Waals surface area (Å²) in [4.78, 5) is 39.0. The number of anilines is 2. The SMILES string of the molecule is CCNC(=O)Nc1ccc2c(c1)N(C)C(=O)C(NC(=O)c1cc(Cc3ccccc3)on1)CO2. The van der Waals surface area contributed by atoms with Crippen LogP contribution in [0, 0.1) is 0 Å². The number of urea groups is 1. The highest BCUT2D eigenvalue weighted by Crippen LogP contribution is 2.33. The maximum atomic E-state index is 13.0. The van der Waals surface area contributed by atoms with Crippen molar-refractivity contribution in [1.82, 2.24) is 15.8 Å². The molecule has 34 heavy (non-hydrogen) atoms. The molecule has 3 aromatic rings. The molecule has 0 radical (unpaired) electrons. The van der Waals surface area contributed by atoms with E-state index >= 15 is 0 Å². The minimum absolute atomic E-state index is 0.0558. The van der Waals surface area contributed by atoms with Gasteiger partial charge in [0.25, 0.3) is 11.8 Å². The van der Waals surface area contributed by atoms with Gasteiger partial charge in [-0.1, -0.05) is 35.5 Å². The summed E-state index contributed by atoms with van der Waals surface area (Å²) in [6.07, 6.45) is 0.497. The summed E-state index contributed by atoms with van der Waals surface area (Å²) in [6.45, 7) is 2.24. The summed E-state index contributed by atoms with van der Waals surface area (Å²) in [5.74, 6) is 0.0929. The zero-order chi connectivity index (χ0) is 24.1. The van der Waals surface area contributed by atoms with Gasteiger partial charge in [0.05, 0.1) is 5.69 Å². The standard InChI is InChI=1S/C24H25N5O5/c1-3-25-24(32)26-16-9-10-21-20(12-16)29(2)23(31)19(14-33-21)27-22(30)18-13-17(34-28-18)11-15-7-5-4-6-8-15/h4-10,12-13,19H,3,11,14H2,1-2H3,(H,27,30)(H2,25,26,32). The highest BCUT2D eigenvalue weighted by molar-refractivity contribution is 6.03. The van der Waals surface area contributed by atoms with Crippen LogP contribution in [-0.4, -0.2) is 49.2 Å². The Hall–Kier alpha value is -4.34. The summed E-state index contributed by atoms with van der Waals surface area (Å²) in [5.41, 5.74) is 2.08. The average Bonchev–Trinajstić information content (AvgIpc) is 3.26. The molecule has 1 unspecified atom stereocenters. The van der Waals surface area contributed by atoms with Crippen LogP contribution in [0.1, 0.15) is 28.7 Å². The van der Waals surface area contributed by atoms with Gasteiger partial charge in [0.15, 0.2) is 5.69 Å². The largest absolute Gasteiger partial charge is 0.489 e. The summed E-state index contributed by atoms with van der Waals surface area (Å²) < 4.78 is 11.1. The fourth-order valence-electron chi connectivity index (χ4n) is 3.55. The molecule has 0 aliphatic carbocycles. The topological polar surface area (TPSA) is 126 Å². The molecule has 0 saturated carbocycles. The number of fused-ring (bicyclic) bond motifs is 1. The highest BCUT2D eigenvalue weighted by atomic mass is 16.5. The molecule has 1 atom stereocenters. The van der Waals surface area contributed by atoms with E-state index in [1.54, 1.807) is 31.3 Å². The molecule has 0 bridgehead atoms. The normalized spacial score (nSPS) is 15.1. The fraction of sp³-hybridized carbons (Fsp3) is 0.250. The Labute approximate surface area is 196 Å². The molecule has 0 saturated heterocycles. The average molecular weight is 463 g/mol. The second kappa shape index (κ2) is 10.1. The van der Waals surface area contributed by atoms with E-state index in [0.717, 1.165) is 5.56 Å². The van der Waals surface area contributed by atoms with E-state index < -0.39 is 11.9 Å². The van der Waals surface area contributed by atoms with Gasteiger partial charge in [-0.25, -0.2) is 4.79 Å². The second-order valence-corrected chi connectivity index (χ2v) is 7.74. The molecule has 4 rings (SSSR count). The van der Waals surface area contributed by atoms with Crippen LogP contribution >= 0.6 is 0 Å². The van der Waals surface area contributed by atoms with Gasteiger partial charge in [0, 0.05) is 31.8 Å². The lowest BCUT2D eigenvalue weighted by atomic mass is 10.1. The number of likely N-dealkylation sites (N-methyl/N-ethyl adjacent to an activating group) is 1. The Kier molecular flexibility index (Phi) is 6.77. The van der Waals surface area contributed by atoms with Crippen molar-refractivity contribution >= 4 is 29.2 Å². The molecule has 10 nitrogen and oxygen atoms in total. The molecule has 1 aliphatic heterocycles. The molecule has 3 N–H and O–H groups in total. The lowest BCUT2D eigenvalue weighted by Crippen LogP contribution is -2.49. The Morgan fingerprint density at radius 1 is 1.15 bits per heavy atom. The Morgan fingerprint density at radius 3 is 2.71 bits per heavy atom. The van der Waals surface area contributed by atoms with Gasteiger partial charge >= 0.3 is 6.03 Å². The van der Waals surface area contributed by atoms with Gasteiger partial charge < -0.3 is 30.1 Å². The third-order valence-electron chi connectivity index (χ3n) is 5.27. The third kappa shape index (κ3) is 5.17. The second-order valence-electron chi connectivity index (χ2n) is 7.74. The molecule has 1 aromatic heterocycles. The van der Waals surface area contributed by atoms with Crippen molar-refractivity contribution < 1.29 is 23.6 Å². The van der Waals surface area contributed by atoms with Crippen LogP contribution in [-0.2, 0) is 11.2 Å². The summed E-state index contributed by atoms with van der Waals surface area (Å²) in [7, 11) is 1.58. The molecule has 2 heterocycles. The van der Waals surface area contributed by atoms with E-state index in [1.165, 1.54) is 4.90 Å². The van der Waals surface area contributed by atoms with E-state index in [0.29, 0.717) is 35.9 Å². The lowest BCUT2D eigenvalue weighted by Gasteiger charge is -2.20. The van der Waals surface area contributed by atoms with Crippen molar-refractivity contribution in [2.24, 2.45) is 0 Å². The van der Waals surface area contributed by atoms with Gasteiger partial charge in [0.1, 0.15) is 24.2 Å². The number of nitrogens with zero attached hydrogens (tertiary/aromatic N) is 2. The number of hydrogen-bond acceptors (Lipinski definition) is 6. The summed E-state index contributed by atoms with van der Waals surface area (Å²) >= 11 is 0. The van der Waals surface area contributed by atoms with Crippen LogP contribution in [0.2, 0.25) is 0 Å². The van der Waals surface area contributed by atoms with Crippen LogP contribution < -0.4 is 25.6 Å². The number of nitrogens with one attached hydrogen (secondary N) is 3. The predicted molar refractivity (Wildman–Crippen MR) is 125 cm³/mol. The van der Waals surface area contributed by atoms with Crippen LogP contribution in [0.4, 0.5) is 16.2 Å². The van der Waals surface area contributed by atoms with Gasteiger partial charge in [-0.05, 0) is 30.7 Å². The van der Waals surface area contributed by atoms with E-state index in [-0.39, 0.29) is 24.2 Å². The van der Waals surface area contributed by atoms with Crippen LogP contribution in [0.3, 0.4) is 0 Å². The minimum Gasteiger partial charge on any atom is -0.489 e. The number of ether oxygens (including phenoxy) is 1. The fourth-order valence-corrected chi connectivity index (χ4v) is 3.55. The number of rotatable bonds is 6. The van der Waals surface area contributed by atoms with Gasteiger partial charge in [-0.2, -0.15) is 0 Å². The Balaban J connectivity index is 1.43. The van der Waals surface area contributed by atoms with Crippen molar-refractivity contribution in [3.8, 4) is 5.75 Å². The first kappa shape index (κ1) is 22.8. The van der Waals surface area contributed by atoms with E-state index in [1.807, 2.05) is 37.3 Å². The molecule has 2 aromatic carbocycles. The van der Waals surface area contributed by atoms with E-state index in [2.05, 4.69) is 21.1 Å². The van der Waals surface area contributed by atoms with E-state index in [9.17, 15) is 14.4 Å². The first-order valence-corrected chi connectivity index (χ1v) is 10.8. The smallest absolute Gasteiger partial charge is 0.319 e. The summed E-state index contributed by atoms with van der Waals surface area (Å²) in [5, 5.41) is 11.9. The number of hydrogen-bond donors (Lipinski definition) is 3. The maximum Gasteiger partial charge on any atom is 0.319 e. The number of carbonyl (C=O) groups excluding carboxylic acids is 3. The molecule has 0 fully saturated rings. The number of benzene rings is 2. The Morgan fingerprint density at radius 2 is 1.94 bits per heavy atom. The number of aromatic nitrogens is 1. The number of amides is 4. The maximum absolute atomic E-state index is 13.0. The molecule has 10 heteroatoms. The van der Waals surface area contributed by atoms with Gasteiger partial charge in [-0.3, -0.25) is 9.59 Å². The molecule has 176 valence electrons. The van der Waals surface area contributed by atoms with Crippen molar-refractivity contribution in [2.75, 3.05) is 30.4 Å². The van der Waals surface area contributed by atoms with Crippen molar-refractivity contribution in [3.63, 3.8) is 0 Å². The van der Waals surface area contributed by atoms with Crippen molar-refractivity contribution in [3.05, 3.63) is 71.6 Å². The summed E-state index contributed by atoms with van der Waals surface area (Å²) in [6, 6.07) is 14.9. The van der Waals surface area contributed by atoms with E-state index in [4.69, 9.17) is 9.26 Å². The van der Waals surface area contributed by atoms with Crippen molar-refractivity contribution in [2.45, 2.75) is 19.4 Å². The quantitative estimate of drug-likeness (QED) is 0.516. The van der Waals surface area contributed by atoms with Crippen LogP contribution in [0.25, 0.3) is 0 Å². The Bertz CT molecular complexity index is 1190. The lowest BCUT2D eigenvalue weighted by molar-refractivity contribution is -0.120. The minimum atomic E-state index is -0.932. The zero-order valence-electron chi connectivity index (χ0n) is 18.8. The van der Waals surface area contributed by atoms with Gasteiger partial charge in [-0.15, -0.1) is 0 Å². The molecular weight excluding hydrogens is 438 g/mol. The highest BCUT2D eigenvalue weighted by Gasteiger charge is 2.31. The molecule has 0 spiro atoms. The van der Waals surface area contributed by atoms with Crippen molar-refractivity contribution in [1.29, 1.82) is 0 Å². The number of carbonyl (C=O) groups is 3. The first-order chi connectivity index (χ1) is 16.4. The predicted octanol–water partition coefficient (Wildman–Crippen LogP) is 2.56. The molecular formula is C24H25N5O5. The molecule has 4 amide bonds. The first-order valence-electron chi connectivity index (χ1n) is 10.8. The zero-order valence-corrected chi connectivity index (χ0v) is 18.8. The third-order valence-corrected chi connectivity index (χ3v) is 5.27. The molecule has 1 aliphatic rings. The monoisotopic (exact) mass is 463 g/mol.